The molecule has 1 N–H and O–H groups in total. The zero-order valence-electron chi connectivity index (χ0n) is 14.3. The minimum Gasteiger partial charge on any atom is -0.465 e. The molecule has 2 aromatic rings. The molecule has 7 heteroatoms. The van der Waals surface area contributed by atoms with Gasteiger partial charge in [0.1, 0.15) is 17.1 Å². The first-order chi connectivity index (χ1) is 11.4. The topological polar surface area (TPSA) is 88.4 Å². The van der Waals surface area contributed by atoms with E-state index in [-0.39, 0.29) is 11.9 Å². The molecule has 1 amide bonds. The van der Waals surface area contributed by atoms with E-state index in [1.807, 2.05) is 13.0 Å². The van der Waals surface area contributed by atoms with E-state index >= 15 is 0 Å². The molecule has 2 aromatic heterocycles. The highest BCUT2D eigenvalue weighted by Crippen LogP contribution is 2.33. The number of aromatic amines is 1. The smallest absolute Gasteiger partial charge is 0.339 e. The molecule has 0 bridgehead atoms. The van der Waals surface area contributed by atoms with Crippen molar-refractivity contribution in [2.75, 3.05) is 13.7 Å². The van der Waals surface area contributed by atoms with E-state index in [1.165, 1.54) is 7.11 Å². The predicted molar refractivity (Wildman–Crippen MR) is 85.9 cm³/mol. The van der Waals surface area contributed by atoms with Gasteiger partial charge in [0.2, 0.25) is 0 Å². The molecule has 24 heavy (non-hydrogen) atoms. The number of esters is 1. The predicted octanol–water partition coefficient (Wildman–Crippen LogP) is 2.69. The van der Waals surface area contributed by atoms with E-state index in [0.717, 1.165) is 24.3 Å². The second-order valence-corrected chi connectivity index (χ2v) is 6.14. The van der Waals surface area contributed by atoms with Gasteiger partial charge in [-0.2, -0.15) is 0 Å². The Hall–Kier alpha value is -2.57. The highest BCUT2D eigenvalue weighted by atomic mass is 16.5. The van der Waals surface area contributed by atoms with Gasteiger partial charge in [0.25, 0.3) is 5.91 Å². The Bertz CT molecular complexity index is 790. The van der Waals surface area contributed by atoms with Gasteiger partial charge in [-0.3, -0.25) is 4.79 Å². The largest absolute Gasteiger partial charge is 0.465 e. The van der Waals surface area contributed by atoms with Crippen LogP contribution in [0.3, 0.4) is 0 Å². The fourth-order valence-corrected chi connectivity index (χ4v) is 3.38. The molecule has 7 nitrogen and oxygen atoms in total. The summed E-state index contributed by atoms with van der Waals surface area (Å²) in [6, 6.07) is 1.77. The summed E-state index contributed by atoms with van der Waals surface area (Å²) in [4.78, 5) is 29.8. The highest BCUT2D eigenvalue weighted by Gasteiger charge is 2.35. The van der Waals surface area contributed by atoms with Crippen LogP contribution < -0.4 is 0 Å². The van der Waals surface area contributed by atoms with Gasteiger partial charge >= 0.3 is 5.97 Å². The zero-order chi connectivity index (χ0) is 17.4. The summed E-state index contributed by atoms with van der Waals surface area (Å²) in [6.07, 6.45) is 1.76. The Kier molecular flexibility index (Phi) is 4.17. The second-order valence-electron chi connectivity index (χ2n) is 6.14. The first kappa shape index (κ1) is 16.3. The Morgan fingerprint density at radius 3 is 2.75 bits per heavy atom. The van der Waals surface area contributed by atoms with Crippen molar-refractivity contribution in [2.45, 2.75) is 39.7 Å². The maximum Gasteiger partial charge on any atom is 0.339 e. The summed E-state index contributed by atoms with van der Waals surface area (Å²) in [6.45, 7) is 6.01. The molecule has 1 fully saturated rings. The third kappa shape index (κ3) is 2.60. The lowest BCUT2D eigenvalue weighted by Gasteiger charge is -2.22. The fraction of sp³-hybridized carbons (Fsp3) is 0.471. The number of amides is 1. The molecule has 0 spiro atoms. The lowest BCUT2D eigenvalue weighted by atomic mass is 10.1. The molecule has 1 aliphatic rings. The van der Waals surface area contributed by atoms with Crippen LogP contribution in [0.1, 0.15) is 62.4 Å². The van der Waals surface area contributed by atoms with Crippen molar-refractivity contribution < 1.29 is 18.8 Å². The molecule has 3 rings (SSSR count). The van der Waals surface area contributed by atoms with Gasteiger partial charge in [0.05, 0.1) is 18.7 Å². The highest BCUT2D eigenvalue weighted by molar-refractivity contribution is 6.00. The number of nitrogens with one attached hydrogen (secondary N) is 1. The van der Waals surface area contributed by atoms with Crippen LogP contribution in [-0.4, -0.2) is 40.6 Å². The molecule has 128 valence electrons. The van der Waals surface area contributed by atoms with Crippen LogP contribution in [-0.2, 0) is 4.74 Å². The number of aromatic nitrogens is 2. The lowest BCUT2D eigenvalue weighted by Crippen LogP contribution is -2.31. The Labute approximate surface area is 140 Å². The van der Waals surface area contributed by atoms with Gasteiger partial charge in [-0.25, -0.2) is 4.79 Å². The molecule has 1 atom stereocenters. The lowest BCUT2D eigenvalue weighted by molar-refractivity contribution is 0.0599. The van der Waals surface area contributed by atoms with Gasteiger partial charge < -0.3 is 19.1 Å². The number of rotatable bonds is 3. The summed E-state index contributed by atoms with van der Waals surface area (Å²) in [5, 5.41) is 4.06. The maximum absolute atomic E-state index is 13.0. The summed E-state index contributed by atoms with van der Waals surface area (Å²) < 4.78 is 9.95. The molecule has 3 heterocycles. The van der Waals surface area contributed by atoms with E-state index in [0.29, 0.717) is 29.1 Å². The molecule has 1 aliphatic heterocycles. The third-order valence-electron chi connectivity index (χ3n) is 4.54. The van der Waals surface area contributed by atoms with Crippen LogP contribution in [0.4, 0.5) is 0 Å². The average Bonchev–Trinajstić information content (AvgIpc) is 3.25. The number of hydrogen-bond acceptors (Lipinski definition) is 5. The van der Waals surface area contributed by atoms with Crippen molar-refractivity contribution in [2.24, 2.45) is 0 Å². The van der Waals surface area contributed by atoms with Crippen molar-refractivity contribution in [3.8, 4) is 0 Å². The minimum absolute atomic E-state index is 0.0977. The molecular formula is C17H21N3O4. The molecule has 0 aliphatic carbocycles. The van der Waals surface area contributed by atoms with E-state index in [9.17, 15) is 9.59 Å². The maximum atomic E-state index is 13.0. The Morgan fingerprint density at radius 1 is 1.38 bits per heavy atom. The normalized spacial score (nSPS) is 17.3. The van der Waals surface area contributed by atoms with Crippen molar-refractivity contribution in [1.82, 2.24) is 15.0 Å². The van der Waals surface area contributed by atoms with Crippen LogP contribution in [0.25, 0.3) is 0 Å². The van der Waals surface area contributed by atoms with E-state index < -0.39 is 5.97 Å². The van der Waals surface area contributed by atoms with Crippen molar-refractivity contribution in [1.29, 1.82) is 0 Å². The van der Waals surface area contributed by atoms with Crippen molar-refractivity contribution in [3.05, 3.63) is 40.0 Å². The quantitative estimate of drug-likeness (QED) is 0.874. The van der Waals surface area contributed by atoms with Gasteiger partial charge in [-0.15, -0.1) is 0 Å². The Balaban J connectivity index is 1.93. The van der Waals surface area contributed by atoms with E-state index in [2.05, 4.69) is 10.1 Å². The summed E-state index contributed by atoms with van der Waals surface area (Å²) in [5.74, 6) is 0.156. The molecule has 0 saturated carbocycles. The van der Waals surface area contributed by atoms with Crippen LogP contribution in [0.15, 0.2) is 10.6 Å². The van der Waals surface area contributed by atoms with Crippen LogP contribution in [0.5, 0.6) is 0 Å². The molecular weight excluding hydrogens is 310 g/mol. The number of H-pyrrole nitrogens is 1. The van der Waals surface area contributed by atoms with Gasteiger partial charge in [0, 0.05) is 18.3 Å². The first-order valence-corrected chi connectivity index (χ1v) is 7.95. The minimum atomic E-state index is -0.439. The number of ether oxygens (including phenoxy) is 1. The van der Waals surface area contributed by atoms with Gasteiger partial charge in [-0.1, -0.05) is 5.16 Å². The monoisotopic (exact) mass is 331 g/mol. The molecule has 0 unspecified atom stereocenters. The van der Waals surface area contributed by atoms with Crippen molar-refractivity contribution in [3.63, 3.8) is 0 Å². The summed E-state index contributed by atoms with van der Waals surface area (Å²) >= 11 is 0. The number of methoxy groups -OCH3 is 1. The SMILES string of the molecule is COC(=O)c1c(C)[nH]c(C(=O)N2CCC[C@H]2c2cc(C)on2)c1C. The van der Waals surface area contributed by atoms with Crippen LogP contribution in [0.2, 0.25) is 0 Å². The number of aryl methyl sites for hydroxylation is 2. The number of likely N-dealkylation sites (tertiary alicyclic amines) is 1. The van der Waals surface area contributed by atoms with Gasteiger partial charge in [-0.05, 0) is 39.2 Å². The van der Waals surface area contributed by atoms with E-state index in [1.54, 1.807) is 18.7 Å². The third-order valence-corrected chi connectivity index (χ3v) is 4.54. The second kappa shape index (κ2) is 6.14. The molecule has 1 saturated heterocycles. The van der Waals surface area contributed by atoms with Crippen LogP contribution in [0, 0.1) is 20.8 Å². The first-order valence-electron chi connectivity index (χ1n) is 7.95. The number of carbonyl (C=O) groups excluding carboxylic acids is 2. The standard InChI is InChI=1S/C17H21N3O4/c1-9-8-12(19-24-9)13-6-5-7-20(13)16(21)15-10(2)14(11(3)18-15)17(22)23-4/h8,13,18H,5-7H2,1-4H3/t13-/m0/s1. The number of carbonyl (C=O) groups is 2. The van der Waals surface area contributed by atoms with E-state index in [4.69, 9.17) is 9.26 Å². The zero-order valence-corrected chi connectivity index (χ0v) is 14.3. The summed E-state index contributed by atoms with van der Waals surface area (Å²) in [7, 11) is 1.33. The van der Waals surface area contributed by atoms with Gasteiger partial charge in [0.15, 0.2) is 0 Å². The number of hydrogen-bond donors (Lipinski definition) is 1. The van der Waals surface area contributed by atoms with Crippen LogP contribution >= 0.6 is 0 Å². The molecule has 0 aromatic carbocycles. The fourth-order valence-electron chi connectivity index (χ4n) is 3.38. The average molecular weight is 331 g/mol. The summed E-state index contributed by atoms with van der Waals surface area (Å²) in [5.41, 5.74) is 2.88. The number of nitrogens with zero attached hydrogens (tertiary/aromatic N) is 2. The molecule has 0 radical (unpaired) electrons. The van der Waals surface area contributed by atoms with Crippen molar-refractivity contribution >= 4 is 11.9 Å². The Morgan fingerprint density at radius 2 is 2.12 bits per heavy atom.